The largest absolute Gasteiger partial charge is 0.339 e. The number of pyridine rings is 1. The van der Waals surface area contributed by atoms with Gasteiger partial charge in [0.1, 0.15) is 0 Å². The van der Waals surface area contributed by atoms with Crippen LogP contribution < -0.4 is 5.32 Å². The zero-order chi connectivity index (χ0) is 15.5. The summed E-state index contributed by atoms with van der Waals surface area (Å²) in [5.74, 6) is 0.734. The highest BCUT2D eigenvalue weighted by Crippen LogP contribution is 2.20. The van der Waals surface area contributed by atoms with E-state index in [9.17, 15) is 4.79 Å². The lowest BCUT2D eigenvalue weighted by atomic mass is 10.2. The fourth-order valence-electron chi connectivity index (χ4n) is 1.89. The van der Waals surface area contributed by atoms with Crippen LogP contribution in [0.3, 0.4) is 0 Å². The fraction of sp³-hybridized carbons (Fsp3) is 0.0667. The standard InChI is InChI=1S/C15H11BrN4O2/c1-9-18-14(20-22-9)10-3-2-4-13(6-10)19-15(21)11-5-12(16)8-17-7-11/h2-8H,1H3,(H,19,21). The molecule has 0 saturated carbocycles. The van der Waals surface area contributed by atoms with Gasteiger partial charge in [0.05, 0.1) is 5.56 Å². The van der Waals surface area contributed by atoms with Crippen molar-refractivity contribution in [3.63, 3.8) is 0 Å². The number of nitrogens with zero attached hydrogens (tertiary/aromatic N) is 3. The van der Waals surface area contributed by atoms with Gasteiger partial charge in [0.25, 0.3) is 5.91 Å². The average Bonchev–Trinajstić information content (AvgIpc) is 2.94. The van der Waals surface area contributed by atoms with E-state index in [1.807, 2.05) is 12.1 Å². The molecule has 6 nitrogen and oxygen atoms in total. The van der Waals surface area contributed by atoms with E-state index in [0.717, 1.165) is 10.0 Å². The number of halogens is 1. The smallest absolute Gasteiger partial charge is 0.257 e. The van der Waals surface area contributed by atoms with Crippen LogP contribution in [0.1, 0.15) is 16.2 Å². The van der Waals surface area contributed by atoms with Gasteiger partial charge in [-0.1, -0.05) is 17.3 Å². The Hall–Kier alpha value is -2.54. The number of nitrogens with one attached hydrogen (secondary N) is 1. The maximum Gasteiger partial charge on any atom is 0.257 e. The lowest BCUT2D eigenvalue weighted by molar-refractivity contribution is 0.102. The second kappa shape index (κ2) is 6.07. The van der Waals surface area contributed by atoms with Crippen molar-refractivity contribution in [1.82, 2.24) is 15.1 Å². The molecular formula is C15H11BrN4O2. The maximum atomic E-state index is 12.2. The minimum Gasteiger partial charge on any atom is -0.339 e. The molecule has 0 aliphatic rings. The minimum atomic E-state index is -0.241. The Bertz CT molecular complexity index is 832. The quantitative estimate of drug-likeness (QED) is 0.775. The third-order valence-corrected chi connectivity index (χ3v) is 3.31. The molecule has 0 bridgehead atoms. The average molecular weight is 359 g/mol. The van der Waals surface area contributed by atoms with E-state index in [1.54, 1.807) is 31.3 Å². The molecule has 3 aromatic rings. The molecule has 7 heteroatoms. The van der Waals surface area contributed by atoms with E-state index in [-0.39, 0.29) is 5.91 Å². The number of hydrogen-bond acceptors (Lipinski definition) is 5. The van der Waals surface area contributed by atoms with Crippen LogP contribution in [0.5, 0.6) is 0 Å². The van der Waals surface area contributed by atoms with Crippen molar-refractivity contribution in [3.05, 3.63) is 58.7 Å². The number of aromatic nitrogens is 3. The summed E-state index contributed by atoms with van der Waals surface area (Å²) in [4.78, 5) is 20.3. The number of carbonyl (C=O) groups excluding carboxylic acids is 1. The molecule has 0 fully saturated rings. The highest BCUT2D eigenvalue weighted by Gasteiger charge is 2.10. The molecule has 0 saturated heterocycles. The molecule has 0 aliphatic carbocycles. The van der Waals surface area contributed by atoms with Crippen LogP contribution in [-0.2, 0) is 0 Å². The number of anilines is 1. The van der Waals surface area contributed by atoms with Gasteiger partial charge in [-0.25, -0.2) is 0 Å². The zero-order valence-corrected chi connectivity index (χ0v) is 13.2. The van der Waals surface area contributed by atoms with Gasteiger partial charge in [-0.05, 0) is 34.1 Å². The molecular weight excluding hydrogens is 348 g/mol. The normalized spacial score (nSPS) is 10.5. The molecule has 2 aromatic heterocycles. The van der Waals surface area contributed by atoms with Crippen molar-refractivity contribution in [3.8, 4) is 11.4 Å². The third kappa shape index (κ3) is 3.20. The monoisotopic (exact) mass is 358 g/mol. The van der Waals surface area contributed by atoms with Crippen LogP contribution in [0.25, 0.3) is 11.4 Å². The second-order valence-corrected chi connectivity index (χ2v) is 5.48. The highest BCUT2D eigenvalue weighted by molar-refractivity contribution is 9.10. The summed E-state index contributed by atoms with van der Waals surface area (Å²) in [5, 5.41) is 6.68. The lowest BCUT2D eigenvalue weighted by Gasteiger charge is -2.06. The fourth-order valence-corrected chi connectivity index (χ4v) is 2.26. The van der Waals surface area contributed by atoms with E-state index in [2.05, 4.69) is 36.4 Å². The number of hydrogen-bond donors (Lipinski definition) is 1. The maximum absolute atomic E-state index is 12.2. The molecule has 1 N–H and O–H groups in total. The Morgan fingerprint density at radius 1 is 1.27 bits per heavy atom. The first kappa shape index (κ1) is 14.4. The second-order valence-electron chi connectivity index (χ2n) is 4.56. The Kier molecular flexibility index (Phi) is 3.97. The summed E-state index contributed by atoms with van der Waals surface area (Å²) in [6, 6.07) is 8.94. The van der Waals surface area contributed by atoms with Gasteiger partial charge >= 0.3 is 0 Å². The Balaban J connectivity index is 1.82. The van der Waals surface area contributed by atoms with E-state index < -0.39 is 0 Å². The highest BCUT2D eigenvalue weighted by atomic mass is 79.9. The first-order chi connectivity index (χ1) is 10.6. The summed E-state index contributed by atoms with van der Waals surface area (Å²) in [5.41, 5.74) is 1.88. The van der Waals surface area contributed by atoms with Crippen molar-refractivity contribution < 1.29 is 9.32 Å². The zero-order valence-electron chi connectivity index (χ0n) is 11.6. The predicted octanol–water partition coefficient (Wildman–Crippen LogP) is 3.45. The van der Waals surface area contributed by atoms with Gasteiger partial charge in [-0.15, -0.1) is 0 Å². The number of rotatable bonds is 3. The van der Waals surface area contributed by atoms with Crippen LogP contribution in [0.15, 0.2) is 51.7 Å². The van der Waals surface area contributed by atoms with Crippen molar-refractivity contribution in [2.75, 3.05) is 5.32 Å². The van der Waals surface area contributed by atoms with Crippen LogP contribution in [-0.4, -0.2) is 21.0 Å². The van der Waals surface area contributed by atoms with Crippen molar-refractivity contribution >= 4 is 27.5 Å². The molecule has 0 aliphatic heterocycles. The Morgan fingerprint density at radius 2 is 2.14 bits per heavy atom. The molecule has 2 heterocycles. The summed E-state index contributed by atoms with van der Waals surface area (Å²) in [7, 11) is 0. The number of aryl methyl sites for hydroxylation is 1. The van der Waals surface area contributed by atoms with Gasteiger partial charge < -0.3 is 9.84 Å². The molecule has 1 aromatic carbocycles. The number of benzene rings is 1. The molecule has 1 amide bonds. The first-order valence-electron chi connectivity index (χ1n) is 6.44. The van der Waals surface area contributed by atoms with Gasteiger partial charge in [-0.3, -0.25) is 9.78 Å². The molecule has 0 radical (unpaired) electrons. The summed E-state index contributed by atoms with van der Waals surface area (Å²) >= 11 is 3.29. The Labute approximate surface area is 134 Å². The molecule has 0 spiro atoms. The van der Waals surface area contributed by atoms with Gasteiger partial charge in [-0.2, -0.15) is 4.98 Å². The molecule has 22 heavy (non-hydrogen) atoms. The van der Waals surface area contributed by atoms with Crippen molar-refractivity contribution in [2.45, 2.75) is 6.92 Å². The summed E-state index contributed by atoms with van der Waals surface area (Å²) < 4.78 is 5.71. The van der Waals surface area contributed by atoms with Crippen molar-refractivity contribution in [2.24, 2.45) is 0 Å². The summed E-state index contributed by atoms with van der Waals surface area (Å²) in [6.07, 6.45) is 3.13. The van der Waals surface area contributed by atoms with Gasteiger partial charge in [0.15, 0.2) is 0 Å². The van der Waals surface area contributed by atoms with Crippen LogP contribution >= 0.6 is 15.9 Å². The summed E-state index contributed by atoms with van der Waals surface area (Å²) in [6.45, 7) is 1.72. The molecule has 0 atom stereocenters. The Morgan fingerprint density at radius 3 is 2.86 bits per heavy atom. The molecule has 110 valence electrons. The van der Waals surface area contributed by atoms with E-state index in [0.29, 0.717) is 23.0 Å². The SMILES string of the molecule is Cc1nc(-c2cccc(NC(=O)c3cncc(Br)c3)c2)no1. The van der Waals surface area contributed by atoms with E-state index in [1.165, 1.54) is 6.20 Å². The molecule has 3 rings (SSSR count). The van der Waals surface area contributed by atoms with Crippen LogP contribution in [0.4, 0.5) is 5.69 Å². The third-order valence-electron chi connectivity index (χ3n) is 2.87. The minimum absolute atomic E-state index is 0.241. The topological polar surface area (TPSA) is 80.9 Å². The van der Waals surface area contributed by atoms with Gasteiger partial charge in [0, 0.05) is 35.0 Å². The van der Waals surface area contributed by atoms with E-state index >= 15 is 0 Å². The van der Waals surface area contributed by atoms with Crippen LogP contribution in [0, 0.1) is 6.92 Å². The first-order valence-corrected chi connectivity index (χ1v) is 7.24. The van der Waals surface area contributed by atoms with E-state index in [4.69, 9.17) is 4.52 Å². The van der Waals surface area contributed by atoms with Crippen molar-refractivity contribution in [1.29, 1.82) is 0 Å². The number of amides is 1. The lowest BCUT2D eigenvalue weighted by Crippen LogP contribution is -2.12. The predicted molar refractivity (Wildman–Crippen MR) is 84.4 cm³/mol. The molecule has 0 unspecified atom stereocenters. The number of carbonyl (C=O) groups is 1. The van der Waals surface area contributed by atoms with Gasteiger partial charge in [0.2, 0.25) is 11.7 Å². The van der Waals surface area contributed by atoms with Crippen LogP contribution in [0.2, 0.25) is 0 Å².